The molecule has 0 aromatic heterocycles. The molecule has 0 atom stereocenters. The van der Waals surface area contributed by atoms with Gasteiger partial charge in [0.1, 0.15) is 0 Å². The molecule has 1 aromatic rings. The van der Waals surface area contributed by atoms with Crippen LogP contribution in [-0.4, -0.2) is 42.4 Å². The van der Waals surface area contributed by atoms with Crippen molar-refractivity contribution in [3.63, 3.8) is 0 Å². The Bertz CT molecular complexity index is 564. The lowest BCUT2D eigenvalue weighted by molar-refractivity contribution is -0.137. The first kappa shape index (κ1) is 17.3. The van der Waals surface area contributed by atoms with Gasteiger partial charge in [0.2, 0.25) is 5.91 Å². The molecule has 0 unspecified atom stereocenters. The molecular formula is C15H18F3N3O2. The van der Waals surface area contributed by atoms with Gasteiger partial charge in [-0.25, -0.2) is 0 Å². The minimum atomic E-state index is -4.41. The van der Waals surface area contributed by atoms with Gasteiger partial charge in [0, 0.05) is 24.7 Å². The van der Waals surface area contributed by atoms with E-state index in [9.17, 15) is 22.8 Å². The van der Waals surface area contributed by atoms with Crippen molar-refractivity contribution in [1.82, 2.24) is 10.2 Å². The third-order valence-corrected chi connectivity index (χ3v) is 3.78. The van der Waals surface area contributed by atoms with Crippen molar-refractivity contribution in [3.05, 3.63) is 35.4 Å². The molecule has 23 heavy (non-hydrogen) atoms. The summed E-state index contributed by atoms with van der Waals surface area (Å²) in [5, 5.41) is 2.80. The van der Waals surface area contributed by atoms with Gasteiger partial charge in [-0.2, -0.15) is 13.2 Å². The highest BCUT2D eigenvalue weighted by atomic mass is 19.4. The summed E-state index contributed by atoms with van der Waals surface area (Å²) in [4.78, 5) is 24.8. The summed E-state index contributed by atoms with van der Waals surface area (Å²) in [6, 6.07) is 4.06. The number of halogens is 3. The first-order valence-corrected chi connectivity index (χ1v) is 7.24. The minimum absolute atomic E-state index is 0.0612. The van der Waals surface area contributed by atoms with Crippen LogP contribution in [0.15, 0.2) is 24.3 Å². The number of nitrogens with two attached hydrogens (primary N) is 1. The van der Waals surface area contributed by atoms with Crippen molar-refractivity contribution in [1.29, 1.82) is 0 Å². The fraction of sp³-hybridized carbons (Fsp3) is 0.467. The molecule has 0 radical (unpaired) electrons. The van der Waals surface area contributed by atoms with Gasteiger partial charge >= 0.3 is 6.18 Å². The molecule has 1 aliphatic rings. The van der Waals surface area contributed by atoms with Gasteiger partial charge in [0.15, 0.2) is 0 Å². The van der Waals surface area contributed by atoms with Crippen LogP contribution in [0.1, 0.15) is 28.8 Å². The van der Waals surface area contributed by atoms with Crippen LogP contribution in [0.3, 0.4) is 0 Å². The van der Waals surface area contributed by atoms with Crippen LogP contribution in [0.2, 0.25) is 0 Å². The molecule has 0 saturated carbocycles. The highest BCUT2D eigenvalue weighted by molar-refractivity contribution is 5.94. The maximum atomic E-state index is 12.5. The maximum absolute atomic E-state index is 12.5. The zero-order valence-corrected chi connectivity index (χ0v) is 12.4. The molecule has 1 aliphatic heterocycles. The van der Waals surface area contributed by atoms with Crippen LogP contribution < -0.4 is 11.1 Å². The summed E-state index contributed by atoms with van der Waals surface area (Å²) >= 11 is 0. The Kier molecular flexibility index (Phi) is 5.25. The number of nitrogens with zero attached hydrogens (tertiary/aromatic N) is 1. The second-order valence-corrected chi connectivity index (χ2v) is 5.57. The van der Waals surface area contributed by atoms with E-state index in [0.717, 1.165) is 12.1 Å². The molecule has 8 heteroatoms. The molecule has 0 aliphatic carbocycles. The van der Waals surface area contributed by atoms with E-state index < -0.39 is 23.6 Å². The lowest BCUT2D eigenvalue weighted by Gasteiger charge is -2.31. The number of benzene rings is 1. The standard InChI is InChI=1S/C15H18F3N3O2/c16-15(17,18)11-3-1-10(2-4-11)14(23)20-12-5-7-21(8-6-12)9-13(19)22/h1-4,12H,5-9H2,(H2,19,22)(H,20,23). The number of primary amides is 1. The fourth-order valence-electron chi connectivity index (χ4n) is 2.54. The number of alkyl halides is 3. The normalized spacial score (nSPS) is 17.0. The van der Waals surface area contributed by atoms with Gasteiger partial charge < -0.3 is 11.1 Å². The molecule has 0 spiro atoms. The summed E-state index contributed by atoms with van der Waals surface area (Å²) in [6.07, 6.45) is -3.08. The Labute approximate surface area is 131 Å². The molecule has 3 N–H and O–H groups in total. The molecule has 1 saturated heterocycles. The molecule has 2 rings (SSSR count). The molecule has 1 heterocycles. The Hall–Kier alpha value is -2.09. The lowest BCUT2D eigenvalue weighted by Crippen LogP contribution is -2.46. The average molecular weight is 329 g/mol. The monoisotopic (exact) mass is 329 g/mol. The van der Waals surface area contributed by atoms with Crippen LogP contribution in [-0.2, 0) is 11.0 Å². The number of likely N-dealkylation sites (tertiary alicyclic amines) is 1. The highest BCUT2D eigenvalue weighted by Crippen LogP contribution is 2.29. The fourth-order valence-corrected chi connectivity index (χ4v) is 2.54. The number of nitrogens with one attached hydrogen (secondary N) is 1. The SMILES string of the molecule is NC(=O)CN1CCC(NC(=O)c2ccc(C(F)(F)F)cc2)CC1. The smallest absolute Gasteiger partial charge is 0.369 e. The summed E-state index contributed by atoms with van der Waals surface area (Å²) in [6.45, 7) is 1.47. The van der Waals surface area contributed by atoms with Crippen molar-refractivity contribution < 1.29 is 22.8 Å². The van der Waals surface area contributed by atoms with Gasteiger partial charge in [-0.1, -0.05) is 0 Å². The van der Waals surface area contributed by atoms with Gasteiger partial charge in [0.25, 0.3) is 5.91 Å². The third-order valence-electron chi connectivity index (χ3n) is 3.78. The van der Waals surface area contributed by atoms with Crippen LogP contribution in [0.4, 0.5) is 13.2 Å². The van der Waals surface area contributed by atoms with E-state index in [0.29, 0.717) is 25.9 Å². The van der Waals surface area contributed by atoms with Crippen molar-refractivity contribution in [2.75, 3.05) is 19.6 Å². The number of piperidine rings is 1. The molecular weight excluding hydrogens is 311 g/mol. The van der Waals surface area contributed by atoms with E-state index in [1.165, 1.54) is 12.1 Å². The largest absolute Gasteiger partial charge is 0.416 e. The predicted molar refractivity (Wildman–Crippen MR) is 77.6 cm³/mol. The molecule has 1 aromatic carbocycles. The highest BCUT2D eigenvalue weighted by Gasteiger charge is 2.30. The number of hydrogen-bond donors (Lipinski definition) is 2. The van der Waals surface area contributed by atoms with Crippen molar-refractivity contribution >= 4 is 11.8 Å². The maximum Gasteiger partial charge on any atom is 0.416 e. The minimum Gasteiger partial charge on any atom is -0.369 e. The first-order valence-electron chi connectivity index (χ1n) is 7.24. The topological polar surface area (TPSA) is 75.4 Å². The van der Waals surface area contributed by atoms with E-state index >= 15 is 0 Å². The Morgan fingerprint density at radius 3 is 2.22 bits per heavy atom. The second kappa shape index (κ2) is 6.99. The zero-order valence-electron chi connectivity index (χ0n) is 12.4. The number of rotatable bonds is 4. The Morgan fingerprint density at radius 1 is 1.17 bits per heavy atom. The number of hydrogen-bond acceptors (Lipinski definition) is 3. The van der Waals surface area contributed by atoms with Crippen LogP contribution in [0.5, 0.6) is 0 Å². The van der Waals surface area contributed by atoms with Crippen LogP contribution >= 0.6 is 0 Å². The average Bonchev–Trinajstić information content (AvgIpc) is 2.48. The summed E-state index contributed by atoms with van der Waals surface area (Å²) < 4.78 is 37.4. The van der Waals surface area contributed by atoms with Crippen molar-refractivity contribution in [3.8, 4) is 0 Å². The zero-order chi connectivity index (χ0) is 17.0. The predicted octanol–water partition coefficient (Wildman–Crippen LogP) is 1.38. The first-order chi connectivity index (χ1) is 10.8. The molecule has 2 amide bonds. The van der Waals surface area contributed by atoms with Crippen LogP contribution in [0, 0.1) is 0 Å². The lowest BCUT2D eigenvalue weighted by atomic mass is 10.0. The molecule has 5 nitrogen and oxygen atoms in total. The van der Waals surface area contributed by atoms with Crippen LogP contribution in [0.25, 0.3) is 0 Å². The quantitative estimate of drug-likeness (QED) is 0.876. The van der Waals surface area contributed by atoms with E-state index in [1.54, 1.807) is 0 Å². The van der Waals surface area contributed by atoms with Gasteiger partial charge in [0.05, 0.1) is 12.1 Å². The summed E-state index contributed by atoms with van der Waals surface area (Å²) in [5.41, 5.74) is 4.54. The molecule has 1 fully saturated rings. The van der Waals surface area contributed by atoms with Crippen molar-refractivity contribution in [2.45, 2.75) is 25.1 Å². The van der Waals surface area contributed by atoms with Gasteiger partial charge in [-0.3, -0.25) is 14.5 Å². The molecule has 0 bridgehead atoms. The molecule has 126 valence electrons. The van der Waals surface area contributed by atoms with Gasteiger partial charge in [-0.15, -0.1) is 0 Å². The summed E-state index contributed by atoms with van der Waals surface area (Å²) in [7, 11) is 0. The van der Waals surface area contributed by atoms with E-state index in [4.69, 9.17) is 5.73 Å². The number of amides is 2. The summed E-state index contributed by atoms with van der Waals surface area (Å²) in [5.74, 6) is -0.788. The Morgan fingerprint density at radius 2 is 1.74 bits per heavy atom. The van der Waals surface area contributed by atoms with E-state index in [2.05, 4.69) is 5.32 Å². The number of carbonyl (C=O) groups is 2. The third kappa shape index (κ3) is 4.95. The van der Waals surface area contributed by atoms with Gasteiger partial charge in [-0.05, 0) is 37.1 Å². The van der Waals surface area contributed by atoms with Crippen molar-refractivity contribution in [2.24, 2.45) is 5.73 Å². The van der Waals surface area contributed by atoms with E-state index in [1.807, 2.05) is 4.90 Å². The Balaban J connectivity index is 1.87. The second-order valence-electron chi connectivity index (χ2n) is 5.57. The van der Waals surface area contributed by atoms with E-state index in [-0.39, 0.29) is 18.2 Å². The number of carbonyl (C=O) groups excluding carboxylic acids is 2.